The van der Waals surface area contributed by atoms with Crippen molar-refractivity contribution in [2.75, 3.05) is 0 Å². The summed E-state index contributed by atoms with van der Waals surface area (Å²) in [5.41, 5.74) is 2.80. The number of aromatic amines is 1. The molecular formula is C17H12BrCl2NZr. The fourth-order valence-electron chi connectivity index (χ4n) is 2.77. The van der Waals surface area contributed by atoms with Gasteiger partial charge in [-0.3, -0.25) is 0 Å². The van der Waals surface area contributed by atoms with Crippen LogP contribution in [0.2, 0.25) is 0 Å². The van der Waals surface area contributed by atoms with Gasteiger partial charge in [0.25, 0.3) is 0 Å². The summed E-state index contributed by atoms with van der Waals surface area (Å²) in [6, 6.07) is 11.1. The van der Waals surface area contributed by atoms with E-state index in [1.807, 2.05) is 0 Å². The second-order valence-electron chi connectivity index (χ2n) is 5.01. The molecular weight excluding hydrogens is 460 g/mol. The number of pyridine rings is 1. The van der Waals surface area contributed by atoms with E-state index in [0.717, 1.165) is 10.9 Å². The first kappa shape index (κ1) is 18.0. The van der Waals surface area contributed by atoms with Crippen molar-refractivity contribution >= 4 is 30.1 Å². The second-order valence-corrected chi connectivity index (χ2v) is 9.35. The molecule has 0 amide bonds. The molecule has 1 nitrogen and oxygen atoms in total. The van der Waals surface area contributed by atoms with E-state index >= 15 is 0 Å². The molecule has 1 N–H and O–H groups in total. The molecule has 1 aromatic rings. The maximum absolute atomic E-state index is 3.56. The van der Waals surface area contributed by atoms with E-state index in [4.69, 9.17) is 0 Å². The van der Waals surface area contributed by atoms with Crippen LogP contribution in [-0.4, -0.2) is 4.98 Å². The number of rotatable bonds is 2. The standard InChI is InChI=1S/C12H7BrN.C5H5.2ClH.Zr/c13-10-1-2-11-9(6-10)5-8-3-4-14-7-12(8)11;1-2-4-5-3-1;;;/h1-6,14H;1-3H,4H2;2*1H;/q;;;;+2/p-2. The van der Waals surface area contributed by atoms with Crippen LogP contribution < -0.4 is 28.2 Å². The molecule has 22 heavy (non-hydrogen) atoms. The molecule has 3 aliphatic rings. The number of benzene rings is 1. The van der Waals surface area contributed by atoms with Crippen LogP contribution in [0.15, 0.2) is 62.5 Å². The molecule has 0 bridgehead atoms. The maximum Gasteiger partial charge on any atom is -1.00 e. The van der Waals surface area contributed by atoms with Gasteiger partial charge < -0.3 is 24.8 Å². The number of fused-ring (bicyclic) bond motifs is 3. The van der Waals surface area contributed by atoms with Crippen molar-refractivity contribution < 1.29 is 48.0 Å². The molecule has 0 saturated heterocycles. The van der Waals surface area contributed by atoms with Crippen molar-refractivity contribution in [1.29, 1.82) is 0 Å². The van der Waals surface area contributed by atoms with E-state index < -0.39 is 23.2 Å². The zero-order valence-corrected chi connectivity index (χ0v) is 17.1. The van der Waals surface area contributed by atoms with Crippen molar-refractivity contribution in [3.8, 4) is 11.1 Å². The zero-order chi connectivity index (χ0) is 13.5. The molecule has 0 radical (unpaired) electrons. The first-order valence-corrected chi connectivity index (χ1v) is 9.88. The molecule has 0 aromatic heterocycles. The van der Waals surface area contributed by atoms with Gasteiger partial charge in [-0.25, -0.2) is 0 Å². The number of nitrogens with one attached hydrogen (secondary N) is 1. The summed E-state index contributed by atoms with van der Waals surface area (Å²) >= 11 is 2.86. The van der Waals surface area contributed by atoms with Gasteiger partial charge in [0.05, 0.1) is 0 Å². The Bertz CT molecular complexity index is 838. The summed E-state index contributed by atoms with van der Waals surface area (Å²) in [6.45, 7) is 0. The molecule has 110 valence electrons. The molecule has 0 fully saturated rings. The predicted octanol–water partition coefficient (Wildman–Crippen LogP) is -1.41. The van der Waals surface area contributed by atoms with Gasteiger partial charge in [-0.2, -0.15) is 0 Å². The molecule has 0 spiro atoms. The molecule has 0 saturated carbocycles. The molecule has 5 heteroatoms. The number of halogens is 3. The van der Waals surface area contributed by atoms with E-state index in [-0.39, 0.29) is 24.8 Å². The van der Waals surface area contributed by atoms with Crippen LogP contribution >= 0.6 is 15.9 Å². The zero-order valence-electron chi connectivity index (χ0n) is 11.5. The molecule has 4 rings (SSSR count). The fraction of sp³-hybridized carbons (Fsp3) is 0.0588. The summed E-state index contributed by atoms with van der Waals surface area (Å²) in [4.78, 5) is 3.53. The van der Waals surface area contributed by atoms with Gasteiger partial charge in [-0.15, -0.1) is 0 Å². The predicted molar refractivity (Wildman–Crippen MR) is 84.1 cm³/mol. The van der Waals surface area contributed by atoms with Crippen LogP contribution in [0.4, 0.5) is 0 Å². The Kier molecular flexibility index (Phi) is 6.13. The first-order chi connectivity index (χ1) is 9.81. The minimum atomic E-state index is -0.706. The second kappa shape index (κ2) is 7.49. The summed E-state index contributed by atoms with van der Waals surface area (Å²) in [7, 11) is 0. The van der Waals surface area contributed by atoms with Crippen LogP contribution in [0.3, 0.4) is 0 Å². The van der Waals surface area contributed by atoms with Gasteiger partial charge in [0.2, 0.25) is 0 Å². The molecule has 1 aromatic carbocycles. The Balaban J connectivity index is 0.000000882. The van der Waals surface area contributed by atoms with Crippen LogP contribution in [0, 0.1) is 0 Å². The van der Waals surface area contributed by atoms with Crippen LogP contribution in [0.5, 0.6) is 0 Å². The quantitative estimate of drug-likeness (QED) is 0.473. The molecule has 1 heterocycles. The van der Waals surface area contributed by atoms with E-state index in [0.29, 0.717) is 0 Å². The van der Waals surface area contributed by atoms with Crippen LogP contribution in [0.25, 0.3) is 21.9 Å². The third kappa shape index (κ3) is 3.28. The van der Waals surface area contributed by atoms with Gasteiger partial charge in [0, 0.05) is 0 Å². The van der Waals surface area contributed by atoms with Crippen molar-refractivity contribution in [3.05, 3.63) is 62.5 Å². The van der Waals surface area contributed by atoms with Crippen molar-refractivity contribution in [2.45, 2.75) is 6.42 Å². The number of hydrogen-bond acceptors (Lipinski definition) is 0. The van der Waals surface area contributed by atoms with Gasteiger partial charge in [0.15, 0.2) is 0 Å². The summed E-state index contributed by atoms with van der Waals surface area (Å²) in [6.07, 6.45) is 10.0. The monoisotopic (exact) mass is 469 g/mol. The molecule has 0 unspecified atom stereocenters. The average Bonchev–Trinajstić information content (AvgIpc) is 3.05. The van der Waals surface area contributed by atoms with E-state index in [1.165, 1.54) is 25.3 Å². The van der Waals surface area contributed by atoms with Crippen molar-refractivity contribution in [2.24, 2.45) is 0 Å². The summed E-state index contributed by atoms with van der Waals surface area (Å²) in [5.74, 6) is 0. The Morgan fingerprint density at radius 3 is 2.73 bits per heavy atom. The topological polar surface area (TPSA) is 15.8 Å². The summed E-state index contributed by atoms with van der Waals surface area (Å²) in [5, 5.41) is 2.70. The molecule has 1 aliphatic heterocycles. The van der Waals surface area contributed by atoms with Gasteiger partial charge in [-0.1, -0.05) is 0 Å². The Morgan fingerprint density at radius 1 is 1.09 bits per heavy atom. The number of hydrogen-bond donors (Lipinski definition) is 1. The minimum Gasteiger partial charge on any atom is -1.00 e. The Hall–Kier alpha value is -0.337. The van der Waals surface area contributed by atoms with E-state index in [9.17, 15) is 0 Å². The van der Waals surface area contributed by atoms with Crippen LogP contribution in [0.1, 0.15) is 6.42 Å². The SMILES string of the molecule is Brc1ccc2c3[c]([Zr+2][C]4=CC=CC4)[nH]ccc-3cc2c1.[Cl-].[Cl-]. The Morgan fingerprint density at radius 2 is 1.95 bits per heavy atom. The van der Waals surface area contributed by atoms with E-state index in [1.54, 1.807) is 3.28 Å². The number of allylic oxidation sites excluding steroid dienone is 4. The molecule has 0 atom stereocenters. The Labute approximate surface area is 162 Å². The third-order valence-corrected chi connectivity index (χ3v) is 7.46. The largest absolute Gasteiger partial charge is 1.00 e. The fourth-order valence-corrected chi connectivity index (χ4v) is 6.30. The third-order valence-electron chi connectivity index (χ3n) is 3.68. The molecule has 2 aliphatic carbocycles. The van der Waals surface area contributed by atoms with Crippen molar-refractivity contribution in [3.63, 3.8) is 0 Å². The summed E-state index contributed by atoms with van der Waals surface area (Å²) < 4.78 is 4.27. The van der Waals surface area contributed by atoms with Crippen LogP contribution in [-0.2, 0) is 23.2 Å². The number of aromatic nitrogens is 1. The smallest absolute Gasteiger partial charge is 1.00 e. The van der Waals surface area contributed by atoms with Crippen molar-refractivity contribution in [1.82, 2.24) is 4.98 Å². The van der Waals surface area contributed by atoms with Gasteiger partial charge in [-0.05, 0) is 0 Å². The maximum atomic E-state index is 3.56. The average molecular weight is 472 g/mol. The van der Waals surface area contributed by atoms with Gasteiger partial charge >= 0.3 is 138 Å². The number of H-pyrrole nitrogens is 1. The van der Waals surface area contributed by atoms with E-state index in [2.05, 4.69) is 75.7 Å². The minimum absolute atomic E-state index is 0. The first-order valence-electron chi connectivity index (χ1n) is 6.63. The normalized spacial score (nSPS) is 12.7. The van der Waals surface area contributed by atoms with Gasteiger partial charge in [0.1, 0.15) is 0 Å².